The van der Waals surface area contributed by atoms with Crippen LogP contribution in [0.25, 0.3) is 21.8 Å². The maximum absolute atomic E-state index is 6.09. The third-order valence-corrected chi connectivity index (χ3v) is 3.72. The number of fused-ring (bicyclic) bond motifs is 3. The summed E-state index contributed by atoms with van der Waals surface area (Å²) >= 11 is 0. The van der Waals surface area contributed by atoms with Gasteiger partial charge < -0.3 is 21.2 Å². The monoisotopic (exact) mass is 255 g/mol. The van der Waals surface area contributed by atoms with Crippen molar-refractivity contribution in [3.63, 3.8) is 0 Å². The van der Waals surface area contributed by atoms with Gasteiger partial charge in [-0.05, 0) is 37.1 Å². The molecule has 1 heterocycles. The Morgan fingerprint density at radius 3 is 2.42 bits per heavy atom. The first kappa shape index (κ1) is 11.7. The second kappa shape index (κ2) is 3.82. The van der Waals surface area contributed by atoms with E-state index in [-0.39, 0.29) is 0 Å². The lowest BCUT2D eigenvalue weighted by atomic mass is 10.0. The fourth-order valence-corrected chi connectivity index (χ4v) is 2.66. The van der Waals surface area contributed by atoms with E-state index >= 15 is 0 Å². The summed E-state index contributed by atoms with van der Waals surface area (Å²) in [7, 11) is 1.64. The van der Waals surface area contributed by atoms with Crippen LogP contribution in [0.3, 0.4) is 0 Å². The second-order valence-electron chi connectivity index (χ2n) is 4.92. The third kappa shape index (κ3) is 1.53. The molecular formula is C15H17N3O. The molecule has 0 aliphatic carbocycles. The number of hydrogen-bond acceptors (Lipinski definition) is 3. The number of H-pyrrole nitrogens is 1. The minimum atomic E-state index is 0.683. The van der Waals surface area contributed by atoms with Crippen molar-refractivity contribution in [1.82, 2.24) is 4.98 Å². The van der Waals surface area contributed by atoms with E-state index in [2.05, 4.69) is 4.98 Å². The van der Waals surface area contributed by atoms with Crippen molar-refractivity contribution in [2.45, 2.75) is 13.8 Å². The highest BCUT2D eigenvalue weighted by Crippen LogP contribution is 2.37. The fourth-order valence-electron chi connectivity index (χ4n) is 2.66. The number of nitrogen functional groups attached to an aromatic ring is 2. The van der Waals surface area contributed by atoms with Crippen molar-refractivity contribution in [3.05, 3.63) is 29.3 Å². The van der Waals surface area contributed by atoms with Crippen LogP contribution >= 0.6 is 0 Å². The van der Waals surface area contributed by atoms with Crippen molar-refractivity contribution in [3.8, 4) is 5.75 Å². The molecule has 3 rings (SSSR count). The van der Waals surface area contributed by atoms with Crippen molar-refractivity contribution < 1.29 is 4.74 Å². The van der Waals surface area contributed by atoms with Crippen molar-refractivity contribution in [1.29, 1.82) is 0 Å². The van der Waals surface area contributed by atoms with Crippen LogP contribution in [0.2, 0.25) is 0 Å². The SMILES string of the molecule is COc1cc(N)c2[nH]c3c(C)cc(N)c(C)c3c2c1. The van der Waals surface area contributed by atoms with E-state index in [4.69, 9.17) is 16.2 Å². The molecule has 98 valence electrons. The number of methoxy groups -OCH3 is 1. The molecule has 0 bridgehead atoms. The van der Waals surface area contributed by atoms with Crippen molar-refractivity contribution >= 4 is 33.2 Å². The van der Waals surface area contributed by atoms with E-state index in [9.17, 15) is 0 Å². The number of aromatic amines is 1. The summed E-state index contributed by atoms with van der Waals surface area (Å²) in [6.07, 6.45) is 0. The van der Waals surface area contributed by atoms with E-state index in [0.29, 0.717) is 5.69 Å². The second-order valence-corrected chi connectivity index (χ2v) is 4.92. The number of anilines is 2. The van der Waals surface area contributed by atoms with Gasteiger partial charge in [0.2, 0.25) is 0 Å². The molecule has 0 fully saturated rings. The Morgan fingerprint density at radius 2 is 1.74 bits per heavy atom. The molecule has 5 N–H and O–H groups in total. The standard InChI is InChI=1S/C15H17N3O/c1-7-4-11(16)8(2)13-10-5-9(19-3)6-12(17)15(10)18-14(7)13/h4-6,18H,16-17H2,1-3H3. The Balaban J connectivity index is 2.58. The van der Waals surface area contributed by atoms with Gasteiger partial charge in [0.15, 0.2) is 0 Å². The van der Waals surface area contributed by atoms with E-state index in [1.54, 1.807) is 7.11 Å². The summed E-state index contributed by atoms with van der Waals surface area (Å²) in [5.74, 6) is 0.755. The number of benzene rings is 2. The van der Waals surface area contributed by atoms with Crippen molar-refractivity contribution in [2.75, 3.05) is 18.6 Å². The molecule has 0 saturated heterocycles. The van der Waals surface area contributed by atoms with Crippen LogP contribution in [-0.4, -0.2) is 12.1 Å². The molecule has 3 aromatic rings. The number of aromatic nitrogens is 1. The molecule has 0 unspecified atom stereocenters. The minimum Gasteiger partial charge on any atom is -0.497 e. The highest BCUT2D eigenvalue weighted by Gasteiger charge is 2.14. The molecule has 19 heavy (non-hydrogen) atoms. The van der Waals surface area contributed by atoms with Crippen LogP contribution in [0.1, 0.15) is 11.1 Å². The fraction of sp³-hybridized carbons (Fsp3) is 0.200. The summed E-state index contributed by atoms with van der Waals surface area (Å²) in [6, 6.07) is 5.81. The van der Waals surface area contributed by atoms with Gasteiger partial charge in [0.05, 0.1) is 18.3 Å². The van der Waals surface area contributed by atoms with Crippen LogP contribution in [0.15, 0.2) is 18.2 Å². The first-order valence-electron chi connectivity index (χ1n) is 6.17. The van der Waals surface area contributed by atoms with E-state index in [1.165, 1.54) is 0 Å². The summed E-state index contributed by atoms with van der Waals surface area (Å²) in [5.41, 5.74) is 17.9. The molecule has 0 atom stereocenters. The number of nitrogens with two attached hydrogens (primary N) is 2. The molecular weight excluding hydrogens is 238 g/mol. The molecule has 0 spiro atoms. The maximum Gasteiger partial charge on any atom is 0.121 e. The highest BCUT2D eigenvalue weighted by molar-refractivity contribution is 6.14. The van der Waals surface area contributed by atoms with E-state index in [0.717, 1.165) is 44.4 Å². The summed E-state index contributed by atoms with van der Waals surface area (Å²) < 4.78 is 5.30. The molecule has 0 amide bonds. The van der Waals surface area contributed by atoms with Gasteiger partial charge in [0, 0.05) is 28.0 Å². The lowest BCUT2D eigenvalue weighted by molar-refractivity contribution is 0.415. The Kier molecular flexibility index (Phi) is 2.35. The van der Waals surface area contributed by atoms with E-state index < -0.39 is 0 Å². The molecule has 4 nitrogen and oxygen atoms in total. The Hall–Kier alpha value is -2.36. The van der Waals surface area contributed by atoms with Gasteiger partial charge in [-0.1, -0.05) is 0 Å². The lowest BCUT2D eigenvalue weighted by Crippen LogP contribution is -1.92. The minimum absolute atomic E-state index is 0.683. The molecule has 0 aliphatic heterocycles. The number of aryl methyl sites for hydroxylation is 2. The Bertz CT molecular complexity index is 802. The molecule has 4 heteroatoms. The topological polar surface area (TPSA) is 77.1 Å². The quantitative estimate of drug-likeness (QED) is 0.585. The number of rotatable bonds is 1. The van der Waals surface area contributed by atoms with Gasteiger partial charge in [0.1, 0.15) is 5.75 Å². The normalized spacial score (nSPS) is 11.3. The van der Waals surface area contributed by atoms with Crippen LogP contribution < -0.4 is 16.2 Å². The first-order valence-corrected chi connectivity index (χ1v) is 6.17. The van der Waals surface area contributed by atoms with Gasteiger partial charge in [-0.2, -0.15) is 0 Å². The molecule has 0 radical (unpaired) electrons. The van der Waals surface area contributed by atoms with Crippen LogP contribution in [0.4, 0.5) is 11.4 Å². The first-order chi connectivity index (χ1) is 9.02. The largest absolute Gasteiger partial charge is 0.497 e. The number of nitrogens with one attached hydrogen (secondary N) is 1. The Labute approximate surface area is 111 Å². The molecule has 1 aromatic heterocycles. The average molecular weight is 255 g/mol. The smallest absolute Gasteiger partial charge is 0.121 e. The van der Waals surface area contributed by atoms with Gasteiger partial charge in [-0.15, -0.1) is 0 Å². The van der Waals surface area contributed by atoms with Gasteiger partial charge >= 0.3 is 0 Å². The van der Waals surface area contributed by atoms with Gasteiger partial charge in [-0.25, -0.2) is 0 Å². The maximum atomic E-state index is 6.09. The zero-order valence-electron chi connectivity index (χ0n) is 11.3. The van der Waals surface area contributed by atoms with Crippen LogP contribution in [-0.2, 0) is 0 Å². The van der Waals surface area contributed by atoms with Crippen LogP contribution in [0.5, 0.6) is 5.75 Å². The number of hydrogen-bond donors (Lipinski definition) is 3. The van der Waals surface area contributed by atoms with Gasteiger partial charge in [0.25, 0.3) is 0 Å². The zero-order chi connectivity index (χ0) is 13.7. The Morgan fingerprint density at radius 1 is 1.00 bits per heavy atom. The third-order valence-electron chi connectivity index (χ3n) is 3.72. The van der Waals surface area contributed by atoms with Gasteiger partial charge in [-0.3, -0.25) is 0 Å². The summed E-state index contributed by atoms with van der Waals surface area (Å²) in [5, 5.41) is 2.18. The van der Waals surface area contributed by atoms with Crippen molar-refractivity contribution in [2.24, 2.45) is 0 Å². The molecule has 2 aromatic carbocycles. The summed E-state index contributed by atoms with van der Waals surface area (Å²) in [4.78, 5) is 3.40. The molecule has 0 saturated carbocycles. The zero-order valence-corrected chi connectivity index (χ0v) is 11.3. The highest BCUT2D eigenvalue weighted by atomic mass is 16.5. The summed E-state index contributed by atoms with van der Waals surface area (Å²) in [6.45, 7) is 4.07. The van der Waals surface area contributed by atoms with E-state index in [1.807, 2.05) is 32.0 Å². The molecule has 0 aliphatic rings. The number of ether oxygens (including phenoxy) is 1. The average Bonchev–Trinajstić information content (AvgIpc) is 2.76. The lowest BCUT2D eigenvalue weighted by Gasteiger charge is -2.06. The predicted octanol–water partition coefficient (Wildman–Crippen LogP) is 3.11. The van der Waals surface area contributed by atoms with Crippen LogP contribution in [0, 0.1) is 13.8 Å². The predicted molar refractivity (Wildman–Crippen MR) is 80.7 cm³/mol.